The quantitative estimate of drug-likeness (QED) is 0.440. The van der Waals surface area contributed by atoms with Crippen molar-refractivity contribution in [1.29, 1.82) is 0 Å². The highest BCUT2D eigenvalue weighted by Crippen LogP contribution is 2.28. The monoisotopic (exact) mass is 244 g/mol. The standard InChI is InChI=1S/C9H12F4O3/c1-5(2)7(15)16-4-3-6(14)9(12,13)8(10)11/h6,8,14H,1,3-4H2,2H3. The third kappa shape index (κ3) is 4.18. The number of hydrogen-bond donors (Lipinski definition) is 1. The van der Waals surface area contributed by atoms with E-state index in [1.165, 1.54) is 6.92 Å². The molecule has 94 valence electrons. The molecule has 0 aromatic rings. The maximum atomic E-state index is 12.5. The van der Waals surface area contributed by atoms with Crippen molar-refractivity contribution < 1.29 is 32.2 Å². The first kappa shape index (κ1) is 14.9. The second kappa shape index (κ2) is 5.83. The van der Waals surface area contributed by atoms with Crippen molar-refractivity contribution in [2.45, 2.75) is 31.8 Å². The molecular formula is C9H12F4O3. The van der Waals surface area contributed by atoms with Gasteiger partial charge in [0.15, 0.2) is 0 Å². The number of rotatable bonds is 6. The van der Waals surface area contributed by atoms with Gasteiger partial charge in [-0.25, -0.2) is 13.6 Å². The number of esters is 1. The fourth-order valence-corrected chi connectivity index (χ4v) is 0.724. The van der Waals surface area contributed by atoms with E-state index in [4.69, 9.17) is 5.11 Å². The lowest BCUT2D eigenvalue weighted by Gasteiger charge is -2.21. The van der Waals surface area contributed by atoms with Crippen LogP contribution in [0.15, 0.2) is 12.2 Å². The normalized spacial score (nSPS) is 13.7. The van der Waals surface area contributed by atoms with Crippen LogP contribution in [0.4, 0.5) is 17.6 Å². The molecule has 0 saturated heterocycles. The number of aliphatic hydroxyl groups excluding tert-OH is 1. The van der Waals surface area contributed by atoms with Gasteiger partial charge in [-0.05, 0) is 6.92 Å². The van der Waals surface area contributed by atoms with Crippen LogP contribution in [0.1, 0.15) is 13.3 Å². The van der Waals surface area contributed by atoms with Crippen LogP contribution in [-0.4, -0.2) is 36.1 Å². The maximum absolute atomic E-state index is 12.5. The van der Waals surface area contributed by atoms with Gasteiger partial charge in [-0.2, -0.15) is 8.78 Å². The molecule has 0 heterocycles. The zero-order valence-electron chi connectivity index (χ0n) is 8.55. The van der Waals surface area contributed by atoms with Gasteiger partial charge in [-0.15, -0.1) is 0 Å². The first-order chi connectivity index (χ1) is 7.19. The molecule has 7 heteroatoms. The van der Waals surface area contributed by atoms with Gasteiger partial charge in [0, 0.05) is 12.0 Å². The number of halogens is 4. The molecule has 0 radical (unpaired) electrons. The average Bonchev–Trinajstić information content (AvgIpc) is 2.16. The molecule has 16 heavy (non-hydrogen) atoms. The summed E-state index contributed by atoms with van der Waals surface area (Å²) < 4.78 is 52.8. The summed E-state index contributed by atoms with van der Waals surface area (Å²) in [7, 11) is 0. The van der Waals surface area contributed by atoms with Crippen molar-refractivity contribution in [2.24, 2.45) is 0 Å². The van der Waals surface area contributed by atoms with Crippen molar-refractivity contribution in [2.75, 3.05) is 6.61 Å². The molecule has 0 spiro atoms. The van der Waals surface area contributed by atoms with E-state index in [0.29, 0.717) is 0 Å². The summed E-state index contributed by atoms with van der Waals surface area (Å²) in [6.45, 7) is 3.99. The number of ether oxygens (including phenoxy) is 1. The van der Waals surface area contributed by atoms with Gasteiger partial charge in [0.1, 0.15) is 6.10 Å². The van der Waals surface area contributed by atoms with Gasteiger partial charge >= 0.3 is 18.3 Å². The van der Waals surface area contributed by atoms with Crippen LogP contribution in [0.2, 0.25) is 0 Å². The molecule has 0 aliphatic heterocycles. The summed E-state index contributed by atoms with van der Waals surface area (Å²) >= 11 is 0. The fraction of sp³-hybridized carbons (Fsp3) is 0.667. The number of hydrogen-bond acceptors (Lipinski definition) is 3. The van der Waals surface area contributed by atoms with Crippen LogP contribution < -0.4 is 0 Å². The highest BCUT2D eigenvalue weighted by molar-refractivity contribution is 5.86. The van der Waals surface area contributed by atoms with Gasteiger partial charge in [0.2, 0.25) is 0 Å². The van der Waals surface area contributed by atoms with Crippen molar-refractivity contribution >= 4 is 5.97 Å². The first-order valence-electron chi connectivity index (χ1n) is 4.36. The highest BCUT2D eigenvalue weighted by Gasteiger charge is 2.47. The van der Waals surface area contributed by atoms with E-state index in [-0.39, 0.29) is 5.57 Å². The van der Waals surface area contributed by atoms with Gasteiger partial charge in [-0.3, -0.25) is 0 Å². The minimum Gasteiger partial charge on any atom is -0.462 e. The fourth-order valence-electron chi connectivity index (χ4n) is 0.724. The third-order valence-corrected chi connectivity index (χ3v) is 1.71. The summed E-state index contributed by atoms with van der Waals surface area (Å²) in [6.07, 6.45) is -7.28. The number of carbonyl (C=O) groups is 1. The lowest BCUT2D eigenvalue weighted by Crippen LogP contribution is -2.41. The zero-order valence-corrected chi connectivity index (χ0v) is 8.55. The zero-order chi connectivity index (χ0) is 12.9. The van der Waals surface area contributed by atoms with Crippen molar-refractivity contribution in [1.82, 2.24) is 0 Å². The van der Waals surface area contributed by atoms with Crippen LogP contribution in [-0.2, 0) is 9.53 Å². The average molecular weight is 244 g/mol. The summed E-state index contributed by atoms with van der Waals surface area (Å²) in [6, 6.07) is 0. The van der Waals surface area contributed by atoms with Gasteiger partial charge < -0.3 is 9.84 Å². The Morgan fingerprint density at radius 2 is 2.00 bits per heavy atom. The highest BCUT2D eigenvalue weighted by atomic mass is 19.3. The molecular weight excluding hydrogens is 232 g/mol. The van der Waals surface area contributed by atoms with E-state index in [1.807, 2.05) is 0 Å². The Morgan fingerprint density at radius 3 is 2.38 bits per heavy atom. The van der Waals surface area contributed by atoms with Gasteiger partial charge in [0.25, 0.3) is 0 Å². The molecule has 1 atom stereocenters. The Hall–Kier alpha value is -1.11. The molecule has 0 bridgehead atoms. The number of aliphatic hydroxyl groups is 1. The molecule has 3 nitrogen and oxygen atoms in total. The van der Waals surface area contributed by atoms with Crippen LogP contribution in [0, 0.1) is 0 Å². The Labute approximate surface area is 89.7 Å². The second-order valence-electron chi connectivity index (χ2n) is 3.20. The van der Waals surface area contributed by atoms with E-state index in [2.05, 4.69) is 11.3 Å². The summed E-state index contributed by atoms with van der Waals surface area (Å²) in [5, 5.41) is 8.76. The summed E-state index contributed by atoms with van der Waals surface area (Å²) in [5.74, 6) is -5.33. The van der Waals surface area contributed by atoms with Crippen LogP contribution in [0.25, 0.3) is 0 Å². The minimum atomic E-state index is -4.50. The topological polar surface area (TPSA) is 46.5 Å². The Kier molecular flexibility index (Phi) is 5.43. The summed E-state index contributed by atoms with van der Waals surface area (Å²) in [4.78, 5) is 10.8. The molecule has 0 aliphatic carbocycles. The minimum absolute atomic E-state index is 0.0510. The molecule has 0 fully saturated rings. The van der Waals surface area contributed by atoms with Crippen LogP contribution in [0.5, 0.6) is 0 Å². The first-order valence-corrected chi connectivity index (χ1v) is 4.36. The van der Waals surface area contributed by atoms with E-state index >= 15 is 0 Å². The van der Waals surface area contributed by atoms with Gasteiger partial charge in [0.05, 0.1) is 6.61 Å². The smallest absolute Gasteiger partial charge is 0.333 e. The van der Waals surface area contributed by atoms with Crippen LogP contribution >= 0.6 is 0 Å². The predicted molar refractivity (Wildman–Crippen MR) is 47.3 cm³/mol. The van der Waals surface area contributed by atoms with Crippen molar-refractivity contribution in [3.63, 3.8) is 0 Å². The lowest BCUT2D eigenvalue weighted by atomic mass is 10.1. The van der Waals surface area contributed by atoms with Crippen LogP contribution in [0.3, 0.4) is 0 Å². The van der Waals surface area contributed by atoms with E-state index in [0.717, 1.165) is 0 Å². The predicted octanol–water partition coefficient (Wildman–Crippen LogP) is 1.76. The lowest BCUT2D eigenvalue weighted by molar-refractivity contribution is -0.195. The molecule has 1 N–H and O–H groups in total. The molecule has 0 amide bonds. The summed E-state index contributed by atoms with van der Waals surface area (Å²) in [5.41, 5.74) is 0.0510. The number of carbonyl (C=O) groups excluding carboxylic acids is 1. The largest absolute Gasteiger partial charge is 0.462 e. The third-order valence-electron chi connectivity index (χ3n) is 1.71. The Bertz CT molecular complexity index is 265. The van der Waals surface area contributed by atoms with E-state index in [9.17, 15) is 22.4 Å². The molecule has 1 unspecified atom stereocenters. The van der Waals surface area contributed by atoms with Crippen molar-refractivity contribution in [3.05, 3.63) is 12.2 Å². The SMILES string of the molecule is C=C(C)C(=O)OCCC(O)C(F)(F)C(F)F. The van der Waals surface area contributed by atoms with Gasteiger partial charge in [-0.1, -0.05) is 6.58 Å². The van der Waals surface area contributed by atoms with E-state index < -0.39 is 37.4 Å². The Balaban J connectivity index is 4.04. The van der Waals surface area contributed by atoms with E-state index in [1.54, 1.807) is 0 Å². The molecule has 0 aromatic heterocycles. The molecule has 0 aromatic carbocycles. The maximum Gasteiger partial charge on any atom is 0.333 e. The molecule has 0 saturated carbocycles. The van der Waals surface area contributed by atoms with Crippen molar-refractivity contribution in [3.8, 4) is 0 Å². The molecule has 0 aliphatic rings. The number of alkyl halides is 4. The Morgan fingerprint density at radius 1 is 1.50 bits per heavy atom. The molecule has 0 rings (SSSR count). The second-order valence-corrected chi connectivity index (χ2v) is 3.20.